The lowest BCUT2D eigenvalue weighted by Gasteiger charge is -2.42. The van der Waals surface area contributed by atoms with Crippen molar-refractivity contribution in [2.45, 2.75) is 114 Å². The third-order valence-corrected chi connectivity index (χ3v) is 5.73. The van der Waals surface area contributed by atoms with Crippen LogP contribution in [-0.4, -0.2) is 66.0 Å². The second-order valence-corrected chi connectivity index (χ2v) is 8.26. The van der Waals surface area contributed by atoms with Crippen LogP contribution < -0.4 is 0 Å². The molecule has 1 heterocycles. The predicted molar refractivity (Wildman–Crippen MR) is 99.5 cm³/mol. The number of ether oxygens (including phenoxy) is 2. The molecule has 0 bridgehead atoms. The van der Waals surface area contributed by atoms with Gasteiger partial charge in [-0.15, -0.1) is 0 Å². The van der Waals surface area contributed by atoms with Crippen LogP contribution in [0.25, 0.3) is 0 Å². The van der Waals surface area contributed by atoms with Crippen molar-refractivity contribution >= 4 is 0 Å². The summed E-state index contributed by atoms with van der Waals surface area (Å²) in [6, 6.07) is 0.0847. The van der Waals surface area contributed by atoms with Gasteiger partial charge in [0, 0.05) is 6.04 Å². The summed E-state index contributed by atoms with van der Waals surface area (Å²) in [7, 11) is 4.01. The van der Waals surface area contributed by atoms with Crippen LogP contribution in [0.4, 0.5) is 0 Å². The third kappa shape index (κ3) is 7.14. The molecule has 1 saturated carbocycles. The fourth-order valence-electron chi connectivity index (χ4n) is 4.13. The van der Waals surface area contributed by atoms with Crippen molar-refractivity contribution in [2.75, 3.05) is 14.1 Å². The molecule has 0 aromatic heterocycles. The molecule has 5 heteroatoms. The van der Waals surface area contributed by atoms with Gasteiger partial charge in [0.15, 0.2) is 6.29 Å². The molecule has 2 N–H and O–H groups in total. The molecule has 0 radical (unpaired) electrons. The number of hydrogen-bond acceptors (Lipinski definition) is 5. The maximum absolute atomic E-state index is 10.7. The first-order valence-electron chi connectivity index (χ1n) is 10.3. The Labute approximate surface area is 153 Å². The Morgan fingerprint density at radius 1 is 0.880 bits per heavy atom. The van der Waals surface area contributed by atoms with Crippen LogP contribution in [0, 0.1) is 0 Å². The topological polar surface area (TPSA) is 62.2 Å². The normalized spacial score (nSPS) is 39.6. The Balaban J connectivity index is 1.88. The summed E-state index contributed by atoms with van der Waals surface area (Å²) < 4.78 is 12.2. The lowest BCUT2D eigenvalue weighted by Crippen LogP contribution is -2.54. The smallest absolute Gasteiger partial charge is 0.185 e. The Morgan fingerprint density at radius 2 is 1.44 bits per heavy atom. The Kier molecular flexibility index (Phi) is 9.14. The lowest BCUT2D eigenvalue weighted by atomic mass is 9.97. The van der Waals surface area contributed by atoms with Crippen molar-refractivity contribution in [3.05, 3.63) is 0 Å². The largest absolute Gasteiger partial charge is 0.393 e. The fraction of sp³-hybridized carbons (Fsp3) is 1.00. The van der Waals surface area contributed by atoms with Crippen LogP contribution in [0.2, 0.25) is 0 Å². The first kappa shape index (κ1) is 21.1. The number of rotatable bonds is 3. The van der Waals surface area contributed by atoms with E-state index in [1.165, 1.54) is 0 Å². The van der Waals surface area contributed by atoms with Crippen LogP contribution in [0.3, 0.4) is 0 Å². The maximum Gasteiger partial charge on any atom is 0.185 e. The molecule has 25 heavy (non-hydrogen) atoms. The highest BCUT2D eigenvalue weighted by molar-refractivity contribution is 4.86. The van der Waals surface area contributed by atoms with Gasteiger partial charge < -0.3 is 24.6 Å². The summed E-state index contributed by atoms with van der Waals surface area (Å²) in [5, 5.41) is 20.6. The molecular formula is C20H39NO4. The highest BCUT2D eigenvalue weighted by Gasteiger charge is 2.39. The molecule has 0 spiro atoms. The first-order valence-corrected chi connectivity index (χ1v) is 10.3. The van der Waals surface area contributed by atoms with Gasteiger partial charge >= 0.3 is 0 Å². The van der Waals surface area contributed by atoms with Crippen LogP contribution >= 0.6 is 0 Å². The van der Waals surface area contributed by atoms with Gasteiger partial charge in [0.05, 0.1) is 18.3 Å². The number of aliphatic hydroxyl groups excluding tert-OH is 2. The summed E-state index contributed by atoms with van der Waals surface area (Å²) in [4.78, 5) is 2.08. The molecule has 1 aliphatic heterocycles. The van der Waals surface area contributed by atoms with Gasteiger partial charge in [-0.3, -0.25) is 0 Å². The van der Waals surface area contributed by atoms with Gasteiger partial charge in [0.2, 0.25) is 0 Å². The minimum atomic E-state index is -0.595. The molecule has 2 fully saturated rings. The van der Waals surface area contributed by atoms with E-state index in [9.17, 15) is 10.2 Å². The molecular weight excluding hydrogens is 318 g/mol. The lowest BCUT2D eigenvalue weighted by molar-refractivity contribution is -0.269. The van der Waals surface area contributed by atoms with Gasteiger partial charge in [-0.25, -0.2) is 0 Å². The van der Waals surface area contributed by atoms with E-state index in [4.69, 9.17) is 9.47 Å². The van der Waals surface area contributed by atoms with Crippen molar-refractivity contribution in [3.63, 3.8) is 0 Å². The summed E-state index contributed by atoms with van der Waals surface area (Å²) >= 11 is 0. The van der Waals surface area contributed by atoms with Crippen LogP contribution in [0.1, 0.15) is 77.6 Å². The van der Waals surface area contributed by atoms with Crippen molar-refractivity contribution in [1.29, 1.82) is 0 Å². The summed E-state index contributed by atoms with van der Waals surface area (Å²) in [5.41, 5.74) is 0. The van der Waals surface area contributed by atoms with Crippen LogP contribution in [0.15, 0.2) is 0 Å². The van der Waals surface area contributed by atoms with Gasteiger partial charge in [-0.2, -0.15) is 0 Å². The van der Waals surface area contributed by atoms with E-state index < -0.39 is 12.4 Å². The van der Waals surface area contributed by atoms with Gasteiger partial charge in [-0.05, 0) is 53.1 Å². The monoisotopic (exact) mass is 357 g/mol. The molecule has 5 nitrogen and oxygen atoms in total. The molecule has 0 aromatic carbocycles. The Bertz CT molecular complexity index is 352. The molecule has 148 valence electrons. The number of aliphatic hydroxyl groups is 2. The Hall–Kier alpha value is -0.200. The summed E-state index contributed by atoms with van der Waals surface area (Å²) in [5.74, 6) is 0. The molecule has 1 saturated heterocycles. The maximum atomic E-state index is 10.7. The molecule has 4 atom stereocenters. The number of hydrogen-bond donors (Lipinski definition) is 2. The first-order chi connectivity index (χ1) is 12.0. The van der Waals surface area contributed by atoms with Crippen molar-refractivity contribution in [3.8, 4) is 0 Å². The van der Waals surface area contributed by atoms with Crippen molar-refractivity contribution < 1.29 is 19.7 Å². The average molecular weight is 358 g/mol. The van der Waals surface area contributed by atoms with Crippen LogP contribution in [-0.2, 0) is 9.47 Å². The molecule has 0 amide bonds. The standard InChI is InChI=1S/C20H39NO4/c1-15-14-18(21(2)3)19(23)20(24-15)25-17-12-8-4-6-10-16(22)11-7-5-9-13-17/h15-20,22-23H,4-14H2,1-3H3. The molecule has 4 unspecified atom stereocenters. The van der Waals surface area contributed by atoms with Crippen molar-refractivity contribution in [1.82, 2.24) is 4.90 Å². The molecule has 2 rings (SSSR count). The molecule has 1 aliphatic carbocycles. The SMILES string of the molecule is CC1CC(N(C)C)C(O)C(OC2CCCCCC(O)CCCCC2)O1. The zero-order valence-corrected chi connectivity index (χ0v) is 16.4. The van der Waals surface area contributed by atoms with E-state index in [1.54, 1.807) is 0 Å². The zero-order valence-electron chi connectivity index (χ0n) is 16.4. The fourth-order valence-corrected chi connectivity index (χ4v) is 4.13. The summed E-state index contributed by atoms with van der Waals surface area (Å²) in [6.07, 6.45) is 10.5. The average Bonchev–Trinajstić information content (AvgIpc) is 2.55. The van der Waals surface area contributed by atoms with Crippen molar-refractivity contribution in [2.24, 2.45) is 0 Å². The van der Waals surface area contributed by atoms with Crippen LogP contribution in [0.5, 0.6) is 0 Å². The number of likely N-dealkylation sites (N-methyl/N-ethyl adjacent to an activating group) is 1. The van der Waals surface area contributed by atoms with E-state index in [2.05, 4.69) is 11.8 Å². The van der Waals surface area contributed by atoms with Gasteiger partial charge in [0.1, 0.15) is 6.10 Å². The second-order valence-electron chi connectivity index (χ2n) is 8.26. The van der Waals surface area contributed by atoms with Gasteiger partial charge in [0.25, 0.3) is 0 Å². The Morgan fingerprint density at radius 3 is 2.00 bits per heavy atom. The van der Waals surface area contributed by atoms with E-state index in [0.717, 1.165) is 70.6 Å². The molecule has 0 aromatic rings. The minimum Gasteiger partial charge on any atom is -0.393 e. The molecule has 2 aliphatic rings. The number of nitrogens with zero attached hydrogens (tertiary/aromatic N) is 1. The minimum absolute atomic E-state index is 0.0847. The van der Waals surface area contributed by atoms with E-state index >= 15 is 0 Å². The highest BCUT2D eigenvalue weighted by Crippen LogP contribution is 2.27. The predicted octanol–water partition coefficient (Wildman–Crippen LogP) is 3.07. The zero-order chi connectivity index (χ0) is 18.2. The highest BCUT2D eigenvalue weighted by atomic mass is 16.7. The quantitative estimate of drug-likeness (QED) is 0.813. The van der Waals surface area contributed by atoms with E-state index in [-0.39, 0.29) is 24.4 Å². The van der Waals surface area contributed by atoms with E-state index in [1.807, 2.05) is 14.1 Å². The summed E-state index contributed by atoms with van der Waals surface area (Å²) in [6.45, 7) is 2.06. The third-order valence-electron chi connectivity index (χ3n) is 5.73. The van der Waals surface area contributed by atoms with E-state index in [0.29, 0.717) is 0 Å². The second kappa shape index (κ2) is 10.8. The van der Waals surface area contributed by atoms with Gasteiger partial charge in [-0.1, -0.05) is 38.5 Å².